The fourth-order valence-corrected chi connectivity index (χ4v) is 2.48. The van der Waals surface area contributed by atoms with Crippen molar-refractivity contribution in [2.24, 2.45) is 0 Å². The van der Waals surface area contributed by atoms with Crippen molar-refractivity contribution in [1.29, 1.82) is 0 Å². The summed E-state index contributed by atoms with van der Waals surface area (Å²) in [5.41, 5.74) is 3.23. The van der Waals surface area contributed by atoms with E-state index in [9.17, 15) is 4.79 Å². The Kier molecular flexibility index (Phi) is 5.46. The van der Waals surface area contributed by atoms with Crippen LogP contribution < -0.4 is 5.32 Å². The van der Waals surface area contributed by atoms with E-state index in [-0.39, 0.29) is 0 Å². The van der Waals surface area contributed by atoms with Gasteiger partial charge in [-0.1, -0.05) is 37.8 Å². The molecule has 0 unspecified atom stereocenters. The van der Waals surface area contributed by atoms with Crippen LogP contribution in [-0.4, -0.2) is 28.3 Å². The Morgan fingerprint density at radius 3 is 2.74 bits per heavy atom. The van der Waals surface area contributed by atoms with Gasteiger partial charge in [-0.15, -0.1) is 0 Å². The lowest BCUT2D eigenvalue weighted by Crippen LogP contribution is -2.02. The highest BCUT2D eigenvalue weighted by Gasteiger charge is 2.16. The summed E-state index contributed by atoms with van der Waals surface area (Å²) >= 11 is 0. The number of nitrogens with zero attached hydrogens (tertiary/aromatic N) is 2. The molecule has 2 N–H and O–H groups in total. The molecule has 0 amide bonds. The van der Waals surface area contributed by atoms with E-state index in [1.165, 1.54) is 0 Å². The monoisotopic (exact) mass is 310 g/mol. The highest BCUT2D eigenvalue weighted by Crippen LogP contribution is 2.27. The van der Waals surface area contributed by atoms with Gasteiger partial charge in [0.2, 0.25) is 0 Å². The van der Waals surface area contributed by atoms with Crippen LogP contribution in [0.3, 0.4) is 0 Å². The van der Waals surface area contributed by atoms with E-state index in [4.69, 9.17) is 0 Å². The molecule has 23 heavy (non-hydrogen) atoms. The van der Waals surface area contributed by atoms with Crippen LogP contribution in [0.1, 0.15) is 35.7 Å². The van der Waals surface area contributed by atoms with Crippen LogP contribution >= 0.6 is 0 Å². The van der Waals surface area contributed by atoms with Crippen LogP contribution in [0.4, 0.5) is 5.82 Å². The second-order valence-electron chi connectivity index (χ2n) is 5.10. The number of hydrogen-bond acceptors (Lipinski definition) is 4. The summed E-state index contributed by atoms with van der Waals surface area (Å²) in [6.07, 6.45) is 9.89. The zero-order valence-corrected chi connectivity index (χ0v) is 13.8. The average molecular weight is 310 g/mol. The van der Waals surface area contributed by atoms with Crippen molar-refractivity contribution in [3.8, 4) is 0 Å². The SMILES string of the molecule is C=C/C(=C\C=C/C)Cc1nc(NC)c2c(C=O)c(CC)[nH]c2n1. The molecule has 0 spiro atoms. The summed E-state index contributed by atoms with van der Waals surface area (Å²) in [5.74, 6) is 1.34. The van der Waals surface area contributed by atoms with Gasteiger partial charge < -0.3 is 10.3 Å². The van der Waals surface area contributed by atoms with E-state index >= 15 is 0 Å². The molecule has 2 aromatic rings. The molecule has 0 aliphatic heterocycles. The molecule has 0 aliphatic carbocycles. The van der Waals surface area contributed by atoms with Crippen LogP contribution in [0.2, 0.25) is 0 Å². The fraction of sp³-hybridized carbons (Fsp3) is 0.278. The highest BCUT2D eigenvalue weighted by atomic mass is 16.1. The Morgan fingerprint density at radius 1 is 1.39 bits per heavy atom. The molecule has 5 heteroatoms. The molecule has 0 saturated carbocycles. The second kappa shape index (κ2) is 7.54. The minimum absolute atomic E-state index is 0.579. The Labute approximate surface area is 136 Å². The first-order valence-corrected chi connectivity index (χ1v) is 7.67. The maximum absolute atomic E-state index is 11.4. The second-order valence-corrected chi connectivity index (χ2v) is 5.10. The van der Waals surface area contributed by atoms with Crippen molar-refractivity contribution < 1.29 is 4.79 Å². The van der Waals surface area contributed by atoms with E-state index in [0.717, 1.165) is 29.4 Å². The number of hydrogen-bond donors (Lipinski definition) is 2. The van der Waals surface area contributed by atoms with Crippen LogP contribution in [0.15, 0.2) is 36.5 Å². The number of aromatic nitrogens is 3. The average Bonchev–Trinajstić information content (AvgIpc) is 2.95. The quantitative estimate of drug-likeness (QED) is 0.605. The molecule has 2 aromatic heterocycles. The number of aldehydes is 1. The smallest absolute Gasteiger partial charge is 0.152 e. The predicted molar refractivity (Wildman–Crippen MR) is 95.0 cm³/mol. The van der Waals surface area contributed by atoms with Crippen LogP contribution in [0.5, 0.6) is 0 Å². The zero-order valence-electron chi connectivity index (χ0n) is 13.8. The van der Waals surface area contributed by atoms with Crippen molar-refractivity contribution in [3.05, 3.63) is 53.5 Å². The van der Waals surface area contributed by atoms with Crippen molar-refractivity contribution in [1.82, 2.24) is 15.0 Å². The molecule has 2 rings (SSSR count). The number of H-pyrrole nitrogens is 1. The van der Waals surface area contributed by atoms with Crippen molar-refractivity contribution in [3.63, 3.8) is 0 Å². The Hall–Kier alpha value is -2.69. The predicted octanol–water partition coefficient (Wildman–Crippen LogP) is 3.61. The lowest BCUT2D eigenvalue weighted by atomic mass is 10.1. The first-order valence-electron chi connectivity index (χ1n) is 7.67. The van der Waals surface area contributed by atoms with E-state index in [2.05, 4.69) is 26.8 Å². The van der Waals surface area contributed by atoms with Crippen LogP contribution in [0.25, 0.3) is 11.0 Å². The summed E-state index contributed by atoms with van der Waals surface area (Å²) in [5, 5.41) is 3.82. The minimum atomic E-state index is 0.579. The maximum atomic E-state index is 11.4. The Bertz CT molecular complexity index is 784. The van der Waals surface area contributed by atoms with E-state index in [0.29, 0.717) is 29.3 Å². The van der Waals surface area contributed by atoms with Crippen molar-refractivity contribution in [2.75, 3.05) is 12.4 Å². The molecule has 0 aromatic carbocycles. The standard InChI is InChI=1S/C18H22N4O/c1-5-8-9-12(6-2)10-15-21-17(19-4)16-13(11-23)14(7-3)20-18(16)22-15/h5-6,8-9,11H,2,7,10H2,1,3-4H3,(H2,19,20,21,22)/b8-5-,12-9+. The van der Waals surface area contributed by atoms with Gasteiger partial charge in [-0.25, -0.2) is 9.97 Å². The zero-order chi connectivity index (χ0) is 16.8. The van der Waals surface area contributed by atoms with E-state index < -0.39 is 0 Å². The van der Waals surface area contributed by atoms with Gasteiger partial charge >= 0.3 is 0 Å². The summed E-state index contributed by atoms with van der Waals surface area (Å²) in [7, 11) is 1.79. The van der Waals surface area contributed by atoms with Gasteiger partial charge in [-0.05, 0) is 18.9 Å². The summed E-state index contributed by atoms with van der Waals surface area (Å²) in [6, 6.07) is 0. The van der Waals surface area contributed by atoms with Gasteiger partial charge in [0.1, 0.15) is 17.3 Å². The topological polar surface area (TPSA) is 70.7 Å². The summed E-state index contributed by atoms with van der Waals surface area (Å²) in [6.45, 7) is 7.80. The van der Waals surface area contributed by atoms with Crippen molar-refractivity contribution in [2.45, 2.75) is 26.7 Å². The molecule has 2 heterocycles. The number of carbonyl (C=O) groups is 1. The first kappa shape index (κ1) is 16.7. The van der Waals surface area contributed by atoms with Gasteiger partial charge in [-0.2, -0.15) is 0 Å². The normalized spacial score (nSPS) is 12.0. The number of nitrogens with one attached hydrogen (secondary N) is 2. The minimum Gasteiger partial charge on any atom is -0.372 e. The van der Waals surface area contributed by atoms with Crippen LogP contribution in [-0.2, 0) is 12.8 Å². The lowest BCUT2D eigenvalue weighted by Gasteiger charge is -2.06. The molecule has 0 saturated heterocycles. The number of aryl methyl sites for hydroxylation is 1. The van der Waals surface area contributed by atoms with Crippen molar-refractivity contribution >= 4 is 23.1 Å². The number of fused-ring (bicyclic) bond motifs is 1. The Morgan fingerprint density at radius 2 is 2.17 bits per heavy atom. The largest absolute Gasteiger partial charge is 0.372 e. The molecule has 0 bridgehead atoms. The van der Waals surface area contributed by atoms with Gasteiger partial charge in [0, 0.05) is 24.7 Å². The fourth-order valence-electron chi connectivity index (χ4n) is 2.48. The molecular weight excluding hydrogens is 288 g/mol. The maximum Gasteiger partial charge on any atom is 0.152 e. The molecule has 0 atom stereocenters. The molecule has 120 valence electrons. The Balaban J connectivity index is 2.56. The van der Waals surface area contributed by atoms with Gasteiger partial charge in [-0.3, -0.25) is 4.79 Å². The molecule has 0 aliphatic rings. The summed E-state index contributed by atoms with van der Waals surface area (Å²) in [4.78, 5) is 23.8. The third-order valence-electron chi connectivity index (χ3n) is 3.65. The molecule has 0 fully saturated rings. The summed E-state index contributed by atoms with van der Waals surface area (Å²) < 4.78 is 0. The van der Waals surface area contributed by atoms with E-state index in [1.54, 1.807) is 13.1 Å². The van der Waals surface area contributed by atoms with Gasteiger partial charge in [0.15, 0.2) is 6.29 Å². The van der Waals surface area contributed by atoms with Gasteiger partial charge in [0.25, 0.3) is 0 Å². The number of allylic oxidation sites excluding steroid dienone is 5. The third kappa shape index (κ3) is 3.39. The van der Waals surface area contributed by atoms with E-state index in [1.807, 2.05) is 32.1 Å². The highest BCUT2D eigenvalue weighted by molar-refractivity contribution is 6.03. The number of anilines is 1. The third-order valence-corrected chi connectivity index (χ3v) is 3.65. The van der Waals surface area contributed by atoms with Gasteiger partial charge in [0.05, 0.1) is 5.39 Å². The van der Waals surface area contributed by atoms with Crippen LogP contribution in [0, 0.1) is 0 Å². The lowest BCUT2D eigenvalue weighted by molar-refractivity contribution is 0.112. The number of aromatic amines is 1. The molecule has 0 radical (unpaired) electrons. The molecule has 5 nitrogen and oxygen atoms in total. The molecular formula is C18H22N4O. The number of rotatable bonds is 7. The number of carbonyl (C=O) groups excluding carboxylic acids is 1. The first-order chi connectivity index (χ1) is 11.2.